The Morgan fingerprint density at radius 1 is 0.912 bits per heavy atom. The van der Waals surface area contributed by atoms with E-state index in [1.807, 2.05) is 48.5 Å². The average Bonchev–Trinajstić information content (AvgIpc) is 3.11. The van der Waals surface area contributed by atoms with E-state index < -0.39 is 47.6 Å². The number of ether oxygens (including phenoxy) is 1. The highest BCUT2D eigenvalue weighted by Crippen LogP contribution is 2.45. The Morgan fingerprint density at radius 3 is 2.00 bits per heavy atom. The lowest BCUT2D eigenvalue weighted by molar-refractivity contribution is -0.147. The number of nitrogens with two attached hydrogens (primary N) is 1. The molecular weight excluding hydrogens is 447 g/mol. The van der Waals surface area contributed by atoms with Crippen LogP contribution in [0.25, 0.3) is 11.1 Å². The van der Waals surface area contributed by atoms with Gasteiger partial charge in [-0.1, -0.05) is 66.7 Å². The van der Waals surface area contributed by atoms with Crippen molar-refractivity contribution in [1.82, 2.24) is 0 Å². The number of aliphatic carboxylic acids is 1. The summed E-state index contributed by atoms with van der Waals surface area (Å²) in [7, 11) is 0. The van der Waals surface area contributed by atoms with Gasteiger partial charge in [-0.25, -0.2) is 0 Å². The largest absolute Gasteiger partial charge is 0.481 e. The molecule has 1 aliphatic rings. The van der Waals surface area contributed by atoms with Gasteiger partial charge in [-0.3, -0.25) is 9.59 Å². The molecule has 0 aliphatic heterocycles. The lowest BCUT2D eigenvalue weighted by Crippen LogP contribution is -2.38. The van der Waals surface area contributed by atoms with Crippen molar-refractivity contribution in [1.29, 1.82) is 0 Å². The number of alkyl halides is 3. The summed E-state index contributed by atoms with van der Waals surface area (Å²) in [5.74, 6) is -4.22. The Balaban J connectivity index is 1.65. The summed E-state index contributed by atoms with van der Waals surface area (Å²) < 4.78 is 46.5. The van der Waals surface area contributed by atoms with Crippen LogP contribution in [0, 0.1) is 0 Å². The van der Waals surface area contributed by atoms with Gasteiger partial charge in [0, 0.05) is 12.0 Å². The predicted octanol–water partition coefficient (Wildman–Crippen LogP) is 4.95. The third kappa shape index (κ3) is 4.54. The molecule has 0 aromatic heterocycles. The van der Waals surface area contributed by atoms with Crippen molar-refractivity contribution in [2.75, 3.05) is 6.61 Å². The van der Waals surface area contributed by atoms with Crippen molar-refractivity contribution >= 4 is 11.9 Å². The van der Waals surface area contributed by atoms with Crippen LogP contribution in [0.3, 0.4) is 0 Å². The minimum Gasteiger partial charge on any atom is -0.481 e. The molecule has 176 valence electrons. The Morgan fingerprint density at radius 2 is 1.44 bits per heavy atom. The van der Waals surface area contributed by atoms with Crippen molar-refractivity contribution in [3.8, 4) is 11.1 Å². The maximum Gasteiger partial charge on any atom is 0.416 e. The van der Waals surface area contributed by atoms with Gasteiger partial charge in [0.25, 0.3) is 0 Å². The Labute approximate surface area is 194 Å². The van der Waals surface area contributed by atoms with Crippen LogP contribution in [0.15, 0.2) is 72.8 Å². The normalized spacial score (nSPS) is 14.7. The van der Waals surface area contributed by atoms with E-state index in [1.54, 1.807) is 0 Å². The molecule has 0 amide bonds. The zero-order chi connectivity index (χ0) is 24.5. The number of benzene rings is 3. The van der Waals surface area contributed by atoms with Crippen LogP contribution in [-0.2, 0) is 20.5 Å². The van der Waals surface area contributed by atoms with E-state index in [-0.39, 0.29) is 12.5 Å². The molecule has 0 spiro atoms. The van der Waals surface area contributed by atoms with Gasteiger partial charge in [-0.15, -0.1) is 0 Å². The highest BCUT2D eigenvalue weighted by molar-refractivity contribution is 5.82. The molecule has 0 saturated carbocycles. The minimum absolute atomic E-state index is 0.114. The molecule has 4 rings (SSSR count). The van der Waals surface area contributed by atoms with E-state index in [0.29, 0.717) is 0 Å². The molecule has 3 aromatic carbocycles. The molecule has 0 bridgehead atoms. The van der Waals surface area contributed by atoms with Gasteiger partial charge in [-0.05, 0) is 33.9 Å². The zero-order valence-electron chi connectivity index (χ0n) is 18.0. The number of rotatable bonds is 7. The van der Waals surface area contributed by atoms with Crippen LogP contribution in [-0.4, -0.2) is 29.7 Å². The monoisotopic (exact) mass is 469 g/mol. The quantitative estimate of drug-likeness (QED) is 0.478. The van der Waals surface area contributed by atoms with E-state index >= 15 is 0 Å². The van der Waals surface area contributed by atoms with E-state index in [2.05, 4.69) is 0 Å². The lowest BCUT2D eigenvalue weighted by atomic mass is 9.86. The molecule has 8 heteroatoms. The first-order valence-electron chi connectivity index (χ1n) is 10.7. The summed E-state index contributed by atoms with van der Waals surface area (Å²) in [4.78, 5) is 24.4. The number of carbonyl (C=O) groups is 2. The Hall–Kier alpha value is -3.65. The minimum atomic E-state index is -4.75. The van der Waals surface area contributed by atoms with Crippen LogP contribution in [0.2, 0.25) is 0 Å². The molecule has 5 nitrogen and oxygen atoms in total. The van der Waals surface area contributed by atoms with Crippen molar-refractivity contribution in [3.63, 3.8) is 0 Å². The average molecular weight is 469 g/mol. The van der Waals surface area contributed by atoms with Crippen molar-refractivity contribution < 1.29 is 32.6 Å². The fourth-order valence-corrected chi connectivity index (χ4v) is 4.57. The predicted molar refractivity (Wildman–Crippen MR) is 119 cm³/mol. The van der Waals surface area contributed by atoms with E-state index in [9.17, 15) is 22.8 Å². The molecular formula is C26H22F3NO4. The van der Waals surface area contributed by atoms with Crippen LogP contribution < -0.4 is 5.73 Å². The van der Waals surface area contributed by atoms with Gasteiger partial charge in [0.1, 0.15) is 6.61 Å². The topological polar surface area (TPSA) is 89.6 Å². The summed E-state index contributed by atoms with van der Waals surface area (Å²) in [6.45, 7) is -0.114. The molecule has 0 radical (unpaired) electrons. The molecule has 34 heavy (non-hydrogen) atoms. The van der Waals surface area contributed by atoms with E-state index in [4.69, 9.17) is 15.6 Å². The maximum atomic E-state index is 13.7. The molecule has 1 aliphatic carbocycles. The van der Waals surface area contributed by atoms with Crippen molar-refractivity contribution in [2.45, 2.75) is 30.5 Å². The van der Waals surface area contributed by atoms with Gasteiger partial charge >= 0.3 is 18.1 Å². The molecule has 3 N–H and O–H groups in total. The number of hydrogen-bond donors (Lipinski definition) is 2. The smallest absolute Gasteiger partial charge is 0.416 e. The number of halogens is 3. The molecule has 0 fully saturated rings. The summed E-state index contributed by atoms with van der Waals surface area (Å²) >= 11 is 0. The van der Waals surface area contributed by atoms with Crippen LogP contribution in [0.1, 0.15) is 40.5 Å². The Bertz CT molecular complexity index is 1180. The SMILES string of the molecule is N[C@@H](CC(=O)O)[C@@H](C(=O)OCC1c2ccccc2-c2ccccc21)c1ccccc1C(F)(F)F. The molecule has 0 heterocycles. The first-order chi connectivity index (χ1) is 16.2. The fraction of sp³-hybridized carbons (Fsp3) is 0.231. The van der Waals surface area contributed by atoms with Gasteiger partial charge in [0.05, 0.1) is 17.9 Å². The molecule has 3 aromatic rings. The van der Waals surface area contributed by atoms with E-state index in [0.717, 1.165) is 34.4 Å². The molecule has 2 atom stereocenters. The van der Waals surface area contributed by atoms with Gasteiger partial charge < -0.3 is 15.6 Å². The highest BCUT2D eigenvalue weighted by atomic mass is 19.4. The Kier molecular flexibility index (Phi) is 6.43. The summed E-state index contributed by atoms with van der Waals surface area (Å²) in [5.41, 5.74) is 8.39. The molecule has 0 unspecified atom stereocenters. The number of esters is 1. The third-order valence-electron chi connectivity index (χ3n) is 6.05. The van der Waals surface area contributed by atoms with Gasteiger partial charge in [-0.2, -0.15) is 13.2 Å². The fourth-order valence-electron chi connectivity index (χ4n) is 4.57. The number of hydrogen-bond acceptors (Lipinski definition) is 4. The third-order valence-corrected chi connectivity index (χ3v) is 6.05. The molecule has 0 saturated heterocycles. The van der Waals surface area contributed by atoms with Crippen molar-refractivity contribution in [3.05, 3.63) is 95.1 Å². The number of carbonyl (C=O) groups excluding carboxylic acids is 1. The number of carboxylic acids is 1. The van der Waals surface area contributed by atoms with Crippen molar-refractivity contribution in [2.24, 2.45) is 5.73 Å². The second-order valence-electron chi connectivity index (χ2n) is 8.18. The summed E-state index contributed by atoms with van der Waals surface area (Å²) in [6, 6.07) is 18.4. The second-order valence-corrected chi connectivity index (χ2v) is 8.18. The summed E-state index contributed by atoms with van der Waals surface area (Å²) in [6.07, 6.45) is -5.44. The summed E-state index contributed by atoms with van der Waals surface area (Å²) in [5, 5.41) is 9.16. The first-order valence-corrected chi connectivity index (χ1v) is 10.7. The zero-order valence-corrected chi connectivity index (χ0v) is 18.0. The van der Waals surface area contributed by atoms with E-state index in [1.165, 1.54) is 12.1 Å². The second kappa shape index (κ2) is 9.30. The maximum absolute atomic E-state index is 13.7. The highest BCUT2D eigenvalue weighted by Gasteiger charge is 2.40. The van der Waals surface area contributed by atoms with Crippen LogP contribution >= 0.6 is 0 Å². The van der Waals surface area contributed by atoms with Gasteiger partial charge in [0.15, 0.2) is 0 Å². The lowest BCUT2D eigenvalue weighted by Gasteiger charge is -2.25. The first kappa shape index (κ1) is 23.5. The van der Waals surface area contributed by atoms with Crippen LogP contribution in [0.5, 0.6) is 0 Å². The van der Waals surface area contributed by atoms with Crippen LogP contribution in [0.4, 0.5) is 13.2 Å². The number of fused-ring (bicyclic) bond motifs is 3. The van der Waals surface area contributed by atoms with Gasteiger partial charge in [0.2, 0.25) is 0 Å². The number of carboxylic acid groups (broad SMARTS) is 1. The standard InChI is InChI=1S/C26H22F3NO4/c27-26(28,29)21-12-6-5-11-19(21)24(22(30)13-23(31)32)25(33)34-14-20-17-9-3-1-7-15(17)16-8-2-4-10-18(16)20/h1-12,20,22,24H,13-14,30H2,(H,31,32)/t22-,24-/m0/s1.